The molecule has 0 saturated carbocycles. The minimum Gasteiger partial charge on any atom is -0.374 e. The number of carbonyl (C=O) groups is 2. The van der Waals surface area contributed by atoms with Crippen molar-refractivity contribution in [3.63, 3.8) is 0 Å². The van der Waals surface area contributed by atoms with Crippen LogP contribution in [0.5, 0.6) is 0 Å². The van der Waals surface area contributed by atoms with Crippen molar-refractivity contribution < 1.29 is 14.5 Å². The first-order valence-corrected chi connectivity index (χ1v) is 9.06. The number of nitrogens with zero attached hydrogens (tertiary/aromatic N) is 2. The van der Waals surface area contributed by atoms with E-state index >= 15 is 0 Å². The number of hydrogen-bond donors (Lipinski definition) is 2. The summed E-state index contributed by atoms with van der Waals surface area (Å²) in [5, 5.41) is 16.6. The first-order chi connectivity index (χ1) is 13.3. The van der Waals surface area contributed by atoms with Crippen LogP contribution >= 0.6 is 11.6 Å². The smallest absolute Gasteiger partial charge is 0.271 e. The number of anilines is 3. The molecule has 3 rings (SSSR count). The molecule has 1 aliphatic heterocycles. The zero-order valence-corrected chi connectivity index (χ0v) is 16.1. The van der Waals surface area contributed by atoms with Gasteiger partial charge in [-0.3, -0.25) is 19.7 Å². The number of benzene rings is 2. The van der Waals surface area contributed by atoms with Gasteiger partial charge in [-0.05, 0) is 43.2 Å². The Balaban J connectivity index is 1.67. The van der Waals surface area contributed by atoms with E-state index in [-0.39, 0.29) is 22.5 Å². The average Bonchev–Trinajstić information content (AvgIpc) is 3.06. The number of nitro benzene ring substituents is 1. The van der Waals surface area contributed by atoms with E-state index in [9.17, 15) is 19.7 Å². The quantitative estimate of drug-likeness (QED) is 0.587. The molecule has 1 heterocycles. The summed E-state index contributed by atoms with van der Waals surface area (Å²) in [4.78, 5) is 36.0. The van der Waals surface area contributed by atoms with Crippen LogP contribution in [0.2, 0.25) is 5.02 Å². The van der Waals surface area contributed by atoms with Crippen LogP contribution in [0.4, 0.5) is 22.7 Å². The monoisotopic (exact) mass is 402 g/mol. The van der Waals surface area contributed by atoms with Crippen molar-refractivity contribution in [2.45, 2.75) is 26.3 Å². The number of fused-ring (bicyclic) bond motifs is 1. The second-order valence-corrected chi connectivity index (χ2v) is 6.95. The molecule has 1 atom stereocenters. The van der Waals surface area contributed by atoms with E-state index in [1.165, 1.54) is 25.1 Å². The molecule has 2 aromatic carbocycles. The van der Waals surface area contributed by atoms with Crippen LogP contribution in [-0.4, -0.2) is 29.3 Å². The Morgan fingerprint density at radius 3 is 2.64 bits per heavy atom. The lowest BCUT2D eigenvalue weighted by Gasteiger charge is -2.18. The minimum atomic E-state index is -0.574. The van der Waals surface area contributed by atoms with Gasteiger partial charge in [-0.1, -0.05) is 11.6 Å². The summed E-state index contributed by atoms with van der Waals surface area (Å²) in [5.41, 5.74) is 2.87. The van der Waals surface area contributed by atoms with Gasteiger partial charge in [0.2, 0.25) is 11.8 Å². The minimum absolute atomic E-state index is 0.00665. The van der Waals surface area contributed by atoms with Crippen LogP contribution in [0.25, 0.3) is 0 Å². The fraction of sp³-hybridized carbons (Fsp3) is 0.263. The number of nitro groups is 1. The number of non-ortho nitro benzene ring substituents is 1. The van der Waals surface area contributed by atoms with E-state index < -0.39 is 11.0 Å². The largest absolute Gasteiger partial charge is 0.374 e. The Morgan fingerprint density at radius 1 is 1.25 bits per heavy atom. The zero-order valence-electron chi connectivity index (χ0n) is 15.4. The predicted molar refractivity (Wildman–Crippen MR) is 108 cm³/mol. The first kappa shape index (κ1) is 19.6. The van der Waals surface area contributed by atoms with Crippen molar-refractivity contribution in [2.75, 3.05) is 22.1 Å². The van der Waals surface area contributed by atoms with Gasteiger partial charge in [0.25, 0.3) is 5.69 Å². The fourth-order valence-corrected chi connectivity index (χ4v) is 3.32. The van der Waals surface area contributed by atoms with Crippen molar-refractivity contribution in [3.05, 3.63) is 57.1 Å². The van der Waals surface area contributed by atoms with Crippen LogP contribution in [0.3, 0.4) is 0 Å². The van der Waals surface area contributed by atoms with Crippen LogP contribution in [0.15, 0.2) is 36.4 Å². The first-order valence-electron chi connectivity index (χ1n) is 8.68. The molecular weight excluding hydrogens is 384 g/mol. The topological polar surface area (TPSA) is 105 Å². The fourth-order valence-electron chi connectivity index (χ4n) is 3.09. The van der Waals surface area contributed by atoms with E-state index in [1.807, 2.05) is 18.2 Å². The van der Waals surface area contributed by atoms with E-state index in [0.29, 0.717) is 12.2 Å². The maximum absolute atomic E-state index is 12.4. The molecule has 2 amide bonds. The summed E-state index contributed by atoms with van der Waals surface area (Å²) < 4.78 is 0. The van der Waals surface area contributed by atoms with Crippen molar-refractivity contribution >= 4 is 46.2 Å². The molecule has 0 saturated heterocycles. The van der Waals surface area contributed by atoms with Gasteiger partial charge in [-0.2, -0.15) is 0 Å². The Labute approximate surface area is 166 Å². The van der Waals surface area contributed by atoms with Crippen LogP contribution < -0.4 is 15.5 Å². The normalized spacial score (nSPS) is 13.6. The molecule has 0 radical (unpaired) electrons. The van der Waals surface area contributed by atoms with Crippen molar-refractivity contribution in [3.8, 4) is 0 Å². The van der Waals surface area contributed by atoms with Gasteiger partial charge in [-0.25, -0.2) is 0 Å². The van der Waals surface area contributed by atoms with Crippen LogP contribution in [0.1, 0.15) is 19.4 Å². The third kappa shape index (κ3) is 4.07. The predicted octanol–water partition coefficient (Wildman–Crippen LogP) is 3.60. The number of amides is 2. The molecule has 8 nitrogen and oxygen atoms in total. The molecule has 9 heteroatoms. The molecule has 2 N–H and O–H groups in total. The number of rotatable bonds is 5. The molecule has 28 heavy (non-hydrogen) atoms. The third-order valence-corrected chi connectivity index (χ3v) is 4.87. The molecule has 0 unspecified atom stereocenters. The number of halogens is 1. The second-order valence-electron chi connectivity index (χ2n) is 6.54. The van der Waals surface area contributed by atoms with Gasteiger partial charge in [-0.15, -0.1) is 0 Å². The van der Waals surface area contributed by atoms with Crippen molar-refractivity contribution in [1.82, 2.24) is 0 Å². The SMILES string of the molecule is CC(=O)N1CCc2cc(N[C@@H](C)C(=O)Nc3ccc([N+](=O)[O-])cc3Cl)ccc21. The highest BCUT2D eigenvalue weighted by atomic mass is 35.5. The molecule has 2 aromatic rings. The molecule has 0 aromatic heterocycles. The number of nitrogens with one attached hydrogen (secondary N) is 2. The molecule has 0 bridgehead atoms. The molecular formula is C19H19ClN4O4. The second kappa shape index (κ2) is 7.85. The molecule has 1 aliphatic rings. The van der Waals surface area contributed by atoms with E-state index in [1.54, 1.807) is 11.8 Å². The molecule has 0 aliphatic carbocycles. The lowest BCUT2D eigenvalue weighted by molar-refractivity contribution is -0.384. The Morgan fingerprint density at radius 2 is 2.00 bits per heavy atom. The van der Waals surface area contributed by atoms with Gasteiger partial charge in [0, 0.05) is 37.0 Å². The summed E-state index contributed by atoms with van der Waals surface area (Å²) in [6.45, 7) is 3.89. The van der Waals surface area contributed by atoms with Crippen molar-refractivity contribution in [2.24, 2.45) is 0 Å². The lowest BCUT2D eigenvalue weighted by atomic mass is 10.1. The summed E-state index contributed by atoms with van der Waals surface area (Å²) in [5.74, 6) is -0.325. The maximum atomic E-state index is 12.4. The third-order valence-electron chi connectivity index (χ3n) is 4.55. The summed E-state index contributed by atoms with van der Waals surface area (Å²) >= 11 is 6.01. The highest BCUT2D eigenvalue weighted by Crippen LogP contribution is 2.31. The van der Waals surface area contributed by atoms with Gasteiger partial charge < -0.3 is 15.5 Å². The molecule has 146 valence electrons. The highest BCUT2D eigenvalue weighted by Gasteiger charge is 2.23. The highest BCUT2D eigenvalue weighted by molar-refractivity contribution is 6.34. The maximum Gasteiger partial charge on any atom is 0.271 e. The summed E-state index contributed by atoms with van der Waals surface area (Å²) in [6, 6.07) is 8.91. The molecule has 0 fully saturated rings. The number of hydrogen-bond acceptors (Lipinski definition) is 5. The van der Waals surface area contributed by atoms with E-state index in [4.69, 9.17) is 11.6 Å². The van der Waals surface area contributed by atoms with Gasteiger partial charge in [0.1, 0.15) is 6.04 Å². The standard InChI is InChI=1S/C19H19ClN4O4/c1-11(19(26)22-17-5-4-15(24(27)28)10-16(17)20)21-14-3-6-18-13(9-14)7-8-23(18)12(2)25/h3-6,9-11,21H,7-8H2,1-2H3,(H,22,26)/t11-/m0/s1. The Bertz CT molecular complexity index is 963. The summed E-state index contributed by atoms with van der Waals surface area (Å²) in [6.07, 6.45) is 0.767. The van der Waals surface area contributed by atoms with Gasteiger partial charge in [0.15, 0.2) is 0 Å². The average molecular weight is 403 g/mol. The van der Waals surface area contributed by atoms with Gasteiger partial charge >= 0.3 is 0 Å². The van der Waals surface area contributed by atoms with Crippen molar-refractivity contribution in [1.29, 1.82) is 0 Å². The van der Waals surface area contributed by atoms with Gasteiger partial charge in [0.05, 0.1) is 15.6 Å². The van der Waals surface area contributed by atoms with E-state index in [2.05, 4.69) is 10.6 Å². The lowest BCUT2D eigenvalue weighted by Crippen LogP contribution is -2.32. The summed E-state index contributed by atoms with van der Waals surface area (Å²) in [7, 11) is 0. The van der Waals surface area contributed by atoms with E-state index in [0.717, 1.165) is 23.4 Å². The van der Waals surface area contributed by atoms with Crippen LogP contribution in [0, 0.1) is 10.1 Å². The Hall–Kier alpha value is -3.13. The van der Waals surface area contributed by atoms with Crippen LogP contribution in [-0.2, 0) is 16.0 Å². The Kier molecular flexibility index (Phi) is 5.51. The molecule has 0 spiro atoms. The number of carbonyl (C=O) groups excluding carboxylic acids is 2. The zero-order chi connectivity index (χ0) is 20.4.